The summed E-state index contributed by atoms with van der Waals surface area (Å²) in [6.45, 7) is 13.5. The van der Waals surface area contributed by atoms with Gasteiger partial charge in [0.2, 0.25) is 0 Å². The molecular weight excluding hydrogens is 256 g/mol. The number of hydrogen-bond donors (Lipinski definition) is 1. The first-order valence-corrected chi connectivity index (χ1v) is 8.63. The molecule has 2 heteroatoms. The number of nitrogens with one attached hydrogen (secondary N) is 1. The molecule has 1 saturated heterocycles. The summed E-state index contributed by atoms with van der Waals surface area (Å²) in [6.07, 6.45) is 3.99. The smallest absolute Gasteiger partial charge is 0.0452 e. The van der Waals surface area contributed by atoms with Crippen LogP contribution < -0.4 is 5.32 Å². The Morgan fingerprint density at radius 2 is 2.00 bits per heavy atom. The molecule has 1 aliphatic rings. The van der Waals surface area contributed by atoms with Gasteiger partial charge in [-0.25, -0.2) is 0 Å². The average molecular weight is 288 g/mol. The van der Waals surface area contributed by atoms with Crippen LogP contribution in [-0.4, -0.2) is 30.1 Å². The van der Waals surface area contributed by atoms with Crippen molar-refractivity contribution in [3.63, 3.8) is 0 Å². The van der Waals surface area contributed by atoms with Crippen molar-refractivity contribution in [2.45, 2.75) is 72.0 Å². The Morgan fingerprint density at radius 3 is 2.67 bits per heavy atom. The standard InChI is InChI=1S/C19H32N2/c1-6-17-11-10-16(5)21(17)13-19(20-7-2)18-12-14(3)8-9-15(18)4/h8-9,12,16-17,19-20H,6-7,10-11,13H2,1-5H3. The maximum atomic E-state index is 3.72. The van der Waals surface area contributed by atoms with Crippen LogP contribution in [0.4, 0.5) is 0 Å². The van der Waals surface area contributed by atoms with Crippen molar-refractivity contribution in [2.24, 2.45) is 0 Å². The SMILES string of the molecule is CCNC(CN1C(C)CCC1CC)c1cc(C)ccc1C. The second-order valence-electron chi connectivity index (χ2n) is 6.66. The van der Waals surface area contributed by atoms with Crippen LogP contribution in [0.3, 0.4) is 0 Å². The number of hydrogen-bond acceptors (Lipinski definition) is 2. The zero-order valence-corrected chi connectivity index (χ0v) is 14.4. The molecular formula is C19H32N2. The van der Waals surface area contributed by atoms with Gasteiger partial charge in [-0.05, 0) is 57.7 Å². The van der Waals surface area contributed by atoms with Gasteiger partial charge in [0.15, 0.2) is 0 Å². The van der Waals surface area contributed by atoms with Gasteiger partial charge in [-0.2, -0.15) is 0 Å². The molecule has 3 unspecified atom stereocenters. The van der Waals surface area contributed by atoms with Crippen LogP contribution in [0, 0.1) is 13.8 Å². The van der Waals surface area contributed by atoms with Crippen molar-refractivity contribution in [3.05, 3.63) is 34.9 Å². The van der Waals surface area contributed by atoms with Gasteiger partial charge in [0.25, 0.3) is 0 Å². The molecule has 0 aromatic heterocycles. The van der Waals surface area contributed by atoms with Crippen molar-refractivity contribution in [3.8, 4) is 0 Å². The first-order chi connectivity index (χ1) is 10.1. The highest BCUT2D eigenvalue weighted by Crippen LogP contribution is 2.29. The Balaban J connectivity index is 2.20. The first-order valence-electron chi connectivity index (χ1n) is 8.63. The van der Waals surface area contributed by atoms with Gasteiger partial charge in [0, 0.05) is 24.7 Å². The van der Waals surface area contributed by atoms with Crippen LogP contribution in [0.2, 0.25) is 0 Å². The molecule has 1 aromatic rings. The molecule has 2 rings (SSSR count). The minimum Gasteiger partial charge on any atom is -0.309 e. The lowest BCUT2D eigenvalue weighted by Crippen LogP contribution is -2.41. The summed E-state index contributed by atoms with van der Waals surface area (Å²) in [5.74, 6) is 0. The molecule has 118 valence electrons. The summed E-state index contributed by atoms with van der Waals surface area (Å²) >= 11 is 0. The molecule has 1 fully saturated rings. The van der Waals surface area contributed by atoms with Gasteiger partial charge in [-0.15, -0.1) is 0 Å². The number of aryl methyl sites for hydroxylation is 2. The van der Waals surface area contributed by atoms with Crippen molar-refractivity contribution < 1.29 is 0 Å². The fourth-order valence-corrected chi connectivity index (χ4v) is 3.76. The first kappa shape index (κ1) is 16.5. The van der Waals surface area contributed by atoms with Crippen molar-refractivity contribution in [1.82, 2.24) is 10.2 Å². The van der Waals surface area contributed by atoms with E-state index in [1.807, 2.05) is 0 Å². The molecule has 0 aliphatic carbocycles. The lowest BCUT2D eigenvalue weighted by atomic mass is 9.97. The quantitative estimate of drug-likeness (QED) is 0.843. The molecule has 2 nitrogen and oxygen atoms in total. The Labute approximate surface area is 130 Å². The zero-order valence-electron chi connectivity index (χ0n) is 14.4. The van der Waals surface area contributed by atoms with Gasteiger partial charge in [0.05, 0.1) is 0 Å². The van der Waals surface area contributed by atoms with Gasteiger partial charge in [-0.3, -0.25) is 4.90 Å². The van der Waals surface area contributed by atoms with E-state index in [0.717, 1.165) is 25.2 Å². The molecule has 1 aliphatic heterocycles. The minimum atomic E-state index is 0.449. The van der Waals surface area contributed by atoms with Crippen molar-refractivity contribution >= 4 is 0 Å². The van der Waals surface area contributed by atoms with E-state index < -0.39 is 0 Å². The summed E-state index contributed by atoms with van der Waals surface area (Å²) in [4.78, 5) is 2.73. The number of likely N-dealkylation sites (N-methyl/N-ethyl adjacent to an activating group) is 1. The molecule has 0 spiro atoms. The largest absolute Gasteiger partial charge is 0.309 e. The lowest BCUT2D eigenvalue weighted by molar-refractivity contribution is 0.177. The highest BCUT2D eigenvalue weighted by Gasteiger charge is 2.31. The number of rotatable bonds is 6. The molecule has 0 radical (unpaired) electrons. The van der Waals surface area contributed by atoms with Crippen LogP contribution in [0.25, 0.3) is 0 Å². The number of nitrogens with zero attached hydrogens (tertiary/aromatic N) is 1. The average Bonchev–Trinajstić information content (AvgIpc) is 2.82. The van der Waals surface area contributed by atoms with Crippen LogP contribution in [-0.2, 0) is 0 Å². The second-order valence-corrected chi connectivity index (χ2v) is 6.66. The van der Waals surface area contributed by atoms with E-state index in [9.17, 15) is 0 Å². The van der Waals surface area contributed by atoms with E-state index >= 15 is 0 Å². The lowest BCUT2D eigenvalue weighted by Gasteiger charge is -2.33. The molecule has 1 aromatic carbocycles. The molecule has 21 heavy (non-hydrogen) atoms. The third kappa shape index (κ3) is 3.87. The van der Waals surface area contributed by atoms with Crippen LogP contribution in [0.1, 0.15) is 62.8 Å². The molecule has 3 atom stereocenters. The predicted octanol–water partition coefficient (Wildman–Crippen LogP) is 4.22. The van der Waals surface area contributed by atoms with Gasteiger partial charge >= 0.3 is 0 Å². The molecule has 1 N–H and O–H groups in total. The molecule has 0 amide bonds. The van der Waals surface area contributed by atoms with Crippen molar-refractivity contribution in [2.75, 3.05) is 13.1 Å². The highest BCUT2D eigenvalue weighted by atomic mass is 15.2. The third-order valence-electron chi connectivity index (χ3n) is 5.08. The molecule has 0 bridgehead atoms. The zero-order chi connectivity index (χ0) is 15.4. The van der Waals surface area contributed by atoms with Gasteiger partial charge in [-0.1, -0.05) is 37.6 Å². The Kier molecular flexibility index (Phi) is 5.83. The van der Waals surface area contributed by atoms with Gasteiger partial charge < -0.3 is 5.32 Å². The summed E-state index contributed by atoms with van der Waals surface area (Å²) in [6, 6.07) is 8.79. The third-order valence-corrected chi connectivity index (χ3v) is 5.08. The maximum absolute atomic E-state index is 3.72. The molecule has 0 saturated carbocycles. The fraction of sp³-hybridized carbons (Fsp3) is 0.684. The Hall–Kier alpha value is -0.860. The van der Waals surface area contributed by atoms with Gasteiger partial charge in [0.1, 0.15) is 0 Å². The Bertz CT molecular complexity index is 455. The van der Waals surface area contributed by atoms with E-state index in [1.165, 1.54) is 36.0 Å². The van der Waals surface area contributed by atoms with E-state index in [2.05, 4.69) is 63.0 Å². The predicted molar refractivity (Wildman–Crippen MR) is 91.8 cm³/mol. The normalized spacial score (nSPS) is 24.4. The minimum absolute atomic E-state index is 0.449. The van der Waals surface area contributed by atoms with E-state index in [-0.39, 0.29) is 0 Å². The van der Waals surface area contributed by atoms with Crippen molar-refractivity contribution in [1.29, 1.82) is 0 Å². The summed E-state index contributed by atoms with van der Waals surface area (Å²) in [5.41, 5.74) is 4.25. The summed E-state index contributed by atoms with van der Waals surface area (Å²) in [5, 5.41) is 3.72. The fourth-order valence-electron chi connectivity index (χ4n) is 3.76. The summed E-state index contributed by atoms with van der Waals surface area (Å²) < 4.78 is 0. The maximum Gasteiger partial charge on any atom is 0.0452 e. The number of benzene rings is 1. The molecule has 1 heterocycles. The van der Waals surface area contributed by atoms with Crippen LogP contribution >= 0.6 is 0 Å². The van der Waals surface area contributed by atoms with E-state index in [1.54, 1.807) is 0 Å². The Morgan fingerprint density at radius 1 is 1.24 bits per heavy atom. The topological polar surface area (TPSA) is 15.3 Å². The van der Waals surface area contributed by atoms with Crippen LogP contribution in [0.15, 0.2) is 18.2 Å². The highest BCUT2D eigenvalue weighted by molar-refractivity contribution is 5.33. The number of likely N-dealkylation sites (tertiary alicyclic amines) is 1. The van der Waals surface area contributed by atoms with E-state index in [0.29, 0.717) is 6.04 Å². The van der Waals surface area contributed by atoms with E-state index in [4.69, 9.17) is 0 Å². The monoisotopic (exact) mass is 288 g/mol. The summed E-state index contributed by atoms with van der Waals surface area (Å²) in [7, 11) is 0. The second kappa shape index (κ2) is 7.42. The van der Waals surface area contributed by atoms with Crippen LogP contribution in [0.5, 0.6) is 0 Å².